The van der Waals surface area contributed by atoms with Gasteiger partial charge in [0.05, 0.1) is 13.2 Å². The van der Waals surface area contributed by atoms with Gasteiger partial charge in [0.25, 0.3) is 0 Å². The summed E-state index contributed by atoms with van der Waals surface area (Å²) in [6.07, 6.45) is 3.39. The van der Waals surface area contributed by atoms with Crippen LogP contribution in [0.25, 0.3) is 0 Å². The number of methoxy groups -OCH3 is 1. The van der Waals surface area contributed by atoms with Crippen LogP contribution in [0.4, 0.5) is 0 Å². The van der Waals surface area contributed by atoms with Crippen molar-refractivity contribution >= 4 is 0 Å². The molecule has 2 aromatic carbocycles. The maximum atomic E-state index is 5.31. The molecular formula is C24H28N2O. The van der Waals surface area contributed by atoms with E-state index in [-0.39, 0.29) is 6.04 Å². The number of aromatic nitrogens is 1. The number of nitrogens with zero attached hydrogens (tertiary/aromatic N) is 2. The molecule has 0 N–H and O–H groups in total. The van der Waals surface area contributed by atoms with Gasteiger partial charge in [-0.2, -0.15) is 0 Å². The van der Waals surface area contributed by atoms with E-state index in [9.17, 15) is 0 Å². The third-order valence-corrected chi connectivity index (χ3v) is 5.75. The molecule has 0 amide bonds. The normalized spacial score (nSPS) is 17.4. The van der Waals surface area contributed by atoms with Crippen LogP contribution >= 0.6 is 0 Å². The molecule has 0 fully saturated rings. The minimum atomic E-state index is 0.281. The Hall–Kier alpha value is -2.52. The van der Waals surface area contributed by atoms with Gasteiger partial charge in [0.15, 0.2) is 0 Å². The third-order valence-electron chi connectivity index (χ3n) is 5.75. The number of ether oxygens (including phenoxy) is 1. The molecule has 140 valence electrons. The van der Waals surface area contributed by atoms with E-state index in [1.807, 2.05) is 0 Å². The minimum absolute atomic E-state index is 0.281. The summed E-state index contributed by atoms with van der Waals surface area (Å²) in [5.74, 6) is 0.911. The van der Waals surface area contributed by atoms with Crippen LogP contribution in [0, 0.1) is 13.8 Å². The first kappa shape index (κ1) is 17.9. The predicted octanol–water partition coefficient (Wildman–Crippen LogP) is 5.11. The van der Waals surface area contributed by atoms with Crippen LogP contribution in [0.3, 0.4) is 0 Å². The summed E-state index contributed by atoms with van der Waals surface area (Å²) in [7, 11) is 1.72. The van der Waals surface area contributed by atoms with Gasteiger partial charge in [-0.05, 0) is 66.8 Å². The Bertz CT molecular complexity index is 910. The predicted molar refractivity (Wildman–Crippen MR) is 110 cm³/mol. The summed E-state index contributed by atoms with van der Waals surface area (Å²) in [5, 5.41) is 0. The summed E-state index contributed by atoms with van der Waals surface area (Å²) >= 11 is 0. The molecule has 0 radical (unpaired) electrons. The molecular weight excluding hydrogens is 332 g/mol. The van der Waals surface area contributed by atoms with Gasteiger partial charge in [-0.1, -0.05) is 30.3 Å². The van der Waals surface area contributed by atoms with Crippen LogP contribution in [0.5, 0.6) is 5.75 Å². The lowest BCUT2D eigenvalue weighted by atomic mass is 9.97. The van der Waals surface area contributed by atoms with Gasteiger partial charge < -0.3 is 9.30 Å². The Morgan fingerprint density at radius 2 is 1.78 bits per heavy atom. The largest absolute Gasteiger partial charge is 0.497 e. The van der Waals surface area contributed by atoms with Crippen molar-refractivity contribution in [3.05, 3.63) is 88.7 Å². The van der Waals surface area contributed by atoms with Gasteiger partial charge >= 0.3 is 0 Å². The van der Waals surface area contributed by atoms with Crippen molar-refractivity contribution in [2.45, 2.75) is 39.4 Å². The first-order chi connectivity index (χ1) is 13.2. The summed E-state index contributed by atoms with van der Waals surface area (Å²) < 4.78 is 7.74. The van der Waals surface area contributed by atoms with Gasteiger partial charge in [0, 0.05) is 31.5 Å². The average Bonchev–Trinajstić information content (AvgIpc) is 3.06. The maximum Gasteiger partial charge on any atom is 0.118 e. The van der Waals surface area contributed by atoms with Crippen LogP contribution in [0.2, 0.25) is 0 Å². The molecule has 1 aliphatic heterocycles. The zero-order valence-corrected chi connectivity index (χ0v) is 16.5. The number of benzene rings is 2. The van der Waals surface area contributed by atoms with Crippen molar-refractivity contribution in [2.24, 2.45) is 0 Å². The lowest BCUT2D eigenvalue weighted by molar-refractivity contribution is 0.220. The molecule has 4 rings (SSSR count). The zero-order valence-electron chi connectivity index (χ0n) is 16.5. The third kappa shape index (κ3) is 3.65. The molecule has 3 nitrogen and oxygen atoms in total. The highest BCUT2D eigenvalue weighted by molar-refractivity contribution is 5.36. The Kier molecular flexibility index (Phi) is 5.04. The number of rotatable bonds is 4. The van der Waals surface area contributed by atoms with Crippen molar-refractivity contribution in [1.82, 2.24) is 9.47 Å². The Labute approximate surface area is 162 Å². The van der Waals surface area contributed by atoms with E-state index in [0.29, 0.717) is 0 Å². The van der Waals surface area contributed by atoms with E-state index in [0.717, 1.165) is 25.4 Å². The molecule has 3 aromatic rings. The van der Waals surface area contributed by atoms with E-state index >= 15 is 0 Å². The van der Waals surface area contributed by atoms with Crippen LogP contribution in [0.15, 0.2) is 60.8 Å². The summed E-state index contributed by atoms with van der Waals surface area (Å²) in [4.78, 5) is 2.62. The van der Waals surface area contributed by atoms with E-state index in [1.54, 1.807) is 7.11 Å². The zero-order chi connectivity index (χ0) is 18.8. The molecule has 1 aliphatic rings. The SMILES string of the molecule is COc1ccc(CN2CCCn3cccc3C2c2ccc(C)c(C)c2)cc1. The highest BCUT2D eigenvalue weighted by Crippen LogP contribution is 2.34. The van der Waals surface area contributed by atoms with Gasteiger partial charge in [0.2, 0.25) is 0 Å². The summed E-state index contributed by atoms with van der Waals surface area (Å²) in [6.45, 7) is 7.51. The quantitative estimate of drug-likeness (QED) is 0.643. The monoisotopic (exact) mass is 360 g/mol. The van der Waals surface area contributed by atoms with E-state index < -0.39 is 0 Å². The molecule has 3 heteroatoms. The number of aryl methyl sites for hydroxylation is 3. The first-order valence-electron chi connectivity index (χ1n) is 9.75. The molecule has 0 bridgehead atoms. The van der Waals surface area contributed by atoms with E-state index in [2.05, 4.69) is 84.1 Å². The van der Waals surface area contributed by atoms with Crippen molar-refractivity contribution in [2.75, 3.05) is 13.7 Å². The van der Waals surface area contributed by atoms with Crippen LogP contribution < -0.4 is 4.74 Å². The standard InChI is InChI=1S/C24H28N2O/c1-18-7-10-21(16-19(18)2)24-23-6-4-13-25(23)14-5-15-26(24)17-20-8-11-22(27-3)12-9-20/h4,6-13,16,24H,5,14-15,17H2,1-3H3. The van der Waals surface area contributed by atoms with Crippen LogP contribution in [-0.4, -0.2) is 23.1 Å². The van der Waals surface area contributed by atoms with E-state index in [4.69, 9.17) is 4.74 Å². The maximum absolute atomic E-state index is 5.31. The van der Waals surface area contributed by atoms with Crippen LogP contribution in [-0.2, 0) is 13.1 Å². The molecule has 1 aromatic heterocycles. The van der Waals surface area contributed by atoms with Gasteiger partial charge in [0.1, 0.15) is 5.75 Å². The van der Waals surface area contributed by atoms with Crippen LogP contribution in [0.1, 0.15) is 40.4 Å². The highest BCUT2D eigenvalue weighted by Gasteiger charge is 2.27. The molecule has 1 unspecified atom stereocenters. The van der Waals surface area contributed by atoms with E-state index in [1.165, 1.54) is 34.4 Å². The smallest absolute Gasteiger partial charge is 0.118 e. The van der Waals surface area contributed by atoms with Gasteiger partial charge in [-0.25, -0.2) is 0 Å². The fraction of sp³-hybridized carbons (Fsp3) is 0.333. The Morgan fingerprint density at radius 1 is 0.963 bits per heavy atom. The molecule has 1 atom stereocenters. The topological polar surface area (TPSA) is 17.4 Å². The molecule has 0 spiro atoms. The van der Waals surface area contributed by atoms with Crippen molar-refractivity contribution in [3.8, 4) is 5.75 Å². The van der Waals surface area contributed by atoms with Crippen molar-refractivity contribution in [3.63, 3.8) is 0 Å². The number of hydrogen-bond acceptors (Lipinski definition) is 2. The van der Waals surface area contributed by atoms with Crippen molar-refractivity contribution < 1.29 is 4.74 Å². The highest BCUT2D eigenvalue weighted by atomic mass is 16.5. The number of fused-ring (bicyclic) bond motifs is 1. The van der Waals surface area contributed by atoms with Gasteiger partial charge in [-0.3, -0.25) is 4.90 Å². The molecule has 27 heavy (non-hydrogen) atoms. The molecule has 0 saturated carbocycles. The second-order valence-corrected chi connectivity index (χ2v) is 7.54. The Balaban J connectivity index is 1.72. The van der Waals surface area contributed by atoms with Crippen molar-refractivity contribution in [1.29, 1.82) is 0 Å². The second kappa shape index (κ2) is 7.61. The lowest BCUT2D eigenvalue weighted by Crippen LogP contribution is -2.29. The number of hydrogen-bond donors (Lipinski definition) is 0. The molecule has 0 saturated heterocycles. The summed E-state index contributed by atoms with van der Waals surface area (Å²) in [6, 6.07) is 20.1. The summed E-state index contributed by atoms with van der Waals surface area (Å²) in [5.41, 5.74) is 6.81. The first-order valence-corrected chi connectivity index (χ1v) is 9.75. The molecule has 2 heterocycles. The fourth-order valence-electron chi connectivity index (χ4n) is 4.09. The van der Waals surface area contributed by atoms with Gasteiger partial charge in [-0.15, -0.1) is 0 Å². The lowest BCUT2D eigenvalue weighted by Gasteiger charge is -2.31. The fourth-order valence-corrected chi connectivity index (χ4v) is 4.09. The molecule has 0 aliphatic carbocycles. The Morgan fingerprint density at radius 3 is 2.52 bits per heavy atom. The average molecular weight is 361 g/mol. The minimum Gasteiger partial charge on any atom is -0.497 e. The second-order valence-electron chi connectivity index (χ2n) is 7.54.